The maximum absolute atomic E-state index is 12.2. The summed E-state index contributed by atoms with van der Waals surface area (Å²) in [5.74, 6) is -3.22. The number of rotatable bonds is 13. The van der Waals surface area contributed by atoms with Gasteiger partial charge in [-0.15, -0.1) is 0 Å². The third-order valence-electron chi connectivity index (χ3n) is 4.15. The third-order valence-corrected chi connectivity index (χ3v) is 4.15. The lowest BCUT2D eigenvalue weighted by Gasteiger charge is -2.40. The maximum Gasteiger partial charge on any atom is 0.306 e. The monoisotopic (exact) mass is 432 g/mol. The molecule has 0 aliphatic rings. The van der Waals surface area contributed by atoms with E-state index in [0.29, 0.717) is 0 Å². The smallest absolute Gasteiger partial charge is 0.306 e. The predicted octanol–water partition coefficient (Wildman–Crippen LogP) is 1.86. The first-order valence-electron chi connectivity index (χ1n) is 9.93. The number of hydrogen-bond donors (Lipinski definition) is 0. The third kappa shape index (κ3) is 9.23. The molecule has 0 radical (unpaired) electrons. The van der Waals surface area contributed by atoms with Crippen LogP contribution in [-0.4, -0.2) is 60.9 Å². The molecule has 0 N–H and O–H groups in total. The van der Waals surface area contributed by atoms with E-state index in [1.165, 1.54) is 6.92 Å². The minimum Gasteiger partial charge on any atom is -0.462 e. The normalized spacial score (nSPS) is 14.5. The van der Waals surface area contributed by atoms with Gasteiger partial charge in [-0.05, 0) is 6.92 Å². The molecule has 0 aromatic heterocycles. The van der Waals surface area contributed by atoms with Crippen molar-refractivity contribution >= 4 is 29.8 Å². The molecule has 0 aliphatic heterocycles. The van der Waals surface area contributed by atoms with Crippen LogP contribution in [0.2, 0.25) is 0 Å². The molecule has 0 fully saturated rings. The quantitative estimate of drug-likeness (QED) is 0.314. The van der Waals surface area contributed by atoms with Crippen LogP contribution in [0.15, 0.2) is 0 Å². The Bertz CT molecular complexity index is 615. The second-order valence-corrected chi connectivity index (χ2v) is 6.51. The first kappa shape index (κ1) is 27.4. The molecule has 0 heterocycles. The molecule has 3 unspecified atom stereocenters. The van der Waals surface area contributed by atoms with Gasteiger partial charge in [0.25, 0.3) is 0 Å². The predicted molar refractivity (Wildman–Crippen MR) is 103 cm³/mol. The van der Waals surface area contributed by atoms with E-state index in [1.54, 1.807) is 27.7 Å². The Labute approximate surface area is 176 Å². The minimum absolute atomic E-state index is 0.000606. The molecular weight excluding hydrogens is 400 g/mol. The van der Waals surface area contributed by atoms with Crippen molar-refractivity contribution < 1.29 is 47.7 Å². The first-order valence-corrected chi connectivity index (χ1v) is 9.93. The fourth-order valence-corrected chi connectivity index (χ4v) is 2.24. The van der Waals surface area contributed by atoms with E-state index in [-0.39, 0.29) is 25.7 Å². The van der Waals surface area contributed by atoms with Crippen LogP contribution >= 0.6 is 0 Å². The Kier molecular flexibility index (Phi) is 12.4. The Morgan fingerprint density at radius 2 is 1.07 bits per heavy atom. The molecule has 172 valence electrons. The van der Waals surface area contributed by atoms with Crippen molar-refractivity contribution in [3.8, 4) is 0 Å². The highest BCUT2D eigenvalue weighted by molar-refractivity contribution is 5.72. The van der Waals surface area contributed by atoms with E-state index in [4.69, 9.17) is 23.7 Å². The Balaban J connectivity index is 6.18. The SMILES string of the molecule is CCC(=O)OCC(OC(=O)CC)C(C)(OC(=O)CC)C(COC(C)=O)OC(=O)CC. The van der Waals surface area contributed by atoms with E-state index in [9.17, 15) is 24.0 Å². The molecule has 0 aromatic carbocycles. The van der Waals surface area contributed by atoms with Crippen molar-refractivity contribution in [2.24, 2.45) is 0 Å². The van der Waals surface area contributed by atoms with E-state index < -0.39 is 60.9 Å². The zero-order valence-electron chi connectivity index (χ0n) is 18.5. The Morgan fingerprint density at radius 3 is 1.43 bits per heavy atom. The van der Waals surface area contributed by atoms with Crippen LogP contribution in [0.3, 0.4) is 0 Å². The Morgan fingerprint density at radius 1 is 0.667 bits per heavy atom. The number of carbonyl (C=O) groups excluding carboxylic acids is 5. The lowest BCUT2D eigenvalue weighted by atomic mass is 9.91. The first-order chi connectivity index (χ1) is 14.0. The summed E-state index contributed by atoms with van der Waals surface area (Å²) in [7, 11) is 0. The van der Waals surface area contributed by atoms with Crippen LogP contribution in [0.5, 0.6) is 0 Å². The molecule has 0 rings (SSSR count). The molecule has 0 bridgehead atoms. The highest BCUT2D eigenvalue weighted by atomic mass is 16.6. The number of ether oxygens (including phenoxy) is 5. The van der Waals surface area contributed by atoms with Crippen LogP contribution < -0.4 is 0 Å². The Hall–Kier alpha value is -2.65. The number of carbonyl (C=O) groups is 5. The van der Waals surface area contributed by atoms with Crippen LogP contribution in [0.1, 0.15) is 67.2 Å². The fraction of sp³-hybridized carbons (Fsp3) is 0.750. The van der Waals surface area contributed by atoms with E-state index in [0.717, 1.165) is 6.92 Å². The largest absolute Gasteiger partial charge is 0.462 e. The zero-order valence-corrected chi connectivity index (χ0v) is 18.5. The lowest BCUT2D eigenvalue weighted by Crippen LogP contribution is -2.59. The highest BCUT2D eigenvalue weighted by Crippen LogP contribution is 2.28. The summed E-state index contributed by atoms with van der Waals surface area (Å²) in [5, 5.41) is 0. The van der Waals surface area contributed by atoms with Gasteiger partial charge >= 0.3 is 29.8 Å². The molecule has 10 heteroatoms. The van der Waals surface area contributed by atoms with E-state index in [2.05, 4.69) is 0 Å². The van der Waals surface area contributed by atoms with Crippen molar-refractivity contribution in [1.29, 1.82) is 0 Å². The molecular formula is C20H32O10. The molecule has 0 saturated carbocycles. The van der Waals surface area contributed by atoms with Crippen molar-refractivity contribution in [2.75, 3.05) is 13.2 Å². The molecule has 0 spiro atoms. The topological polar surface area (TPSA) is 132 Å². The highest BCUT2D eigenvalue weighted by Gasteiger charge is 2.51. The zero-order chi connectivity index (χ0) is 23.3. The summed E-state index contributed by atoms with van der Waals surface area (Å²) in [6.07, 6.45) is -2.60. The van der Waals surface area contributed by atoms with Gasteiger partial charge in [0.15, 0.2) is 17.8 Å². The lowest BCUT2D eigenvalue weighted by molar-refractivity contribution is -0.222. The molecule has 3 atom stereocenters. The summed E-state index contributed by atoms with van der Waals surface area (Å²) in [6, 6.07) is 0. The second kappa shape index (κ2) is 13.6. The van der Waals surface area contributed by atoms with Crippen molar-refractivity contribution in [3.63, 3.8) is 0 Å². The number of esters is 5. The molecule has 0 aromatic rings. The van der Waals surface area contributed by atoms with Crippen LogP contribution in [-0.2, 0) is 47.7 Å². The molecule has 10 nitrogen and oxygen atoms in total. The molecule has 0 saturated heterocycles. The van der Waals surface area contributed by atoms with Gasteiger partial charge in [-0.2, -0.15) is 0 Å². The summed E-state index contributed by atoms with van der Waals surface area (Å²) >= 11 is 0. The fourth-order valence-electron chi connectivity index (χ4n) is 2.24. The number of hydrogen-bond acceptors (Lipinski definition) is 10. The van der Waals surface area contributed by atoms with Crippen molar-refractivity contribution in [1.82, 2.24) is 0 Å². The standard InChI is InChI=1S/C20H32O10/c1-7-16(22)27-12-15(29-18(24)9-3)20(6,30-19(25)10-4)14(11-26-13(5)21)28-17(23)8-2/h14-15H,7-12H2,1-6H3. The van der Waals surface area contributed by atoms with Gasteiger partial charge in [-0.3, -0.25) is 24.0 Å². The minimum atomic E-state index is -1.80. The van der Waals surface area contributed by atoms with E-state index >= 15 is 0 Å². The molecule has 0 amide bonds. The summed E-state index contributed by atoms with van der Waals surface area (Å²) in [6.45, 7) is 7.85. The van der Waals surface area contributed by atoms with Gasteiger partial charge in [-0.25, -0.2) is 0 Å². The van der Waals surface area contributed by atoms with Gasteiger partial charge in [-0.1, -0.05) is 27.7 Å². The van der Waals surface area contributed by atoms with Crippen LogP contribution in [0.25, 0.3) is 0 Å². The van der Waals surface area contributed by atoms with Gasteiger partial charge < -0.3 is 23.7 Å². The summed E-state index contributed by atoms with van der Waals surface area (Å²) in [4.78, 5) is 59.1. The van der Waals surface area contributed by atoms with Crippen LogP contribution in [0.4, 0.5) is 0 Å². The average molecular weight is 432 g/mol. The van der Waals surface area contributed by atoms with Gasteiger partial charge in [0, 0.05) is 32.6 Å². The van der Waals surface area contributed by atoms with Gasteiger partial charge in [0.1, 0.15) is 13.2 Å². The van der Waals surface area contributed by atoms with Gasteiger partial charge in [0.05, 0.1) is 0 Å². The van der Waals surface area contributed by atoms with Gasteiger partial charge in [0.2, 0.25) is 0 Å². The van der Waals surface area contributed by atoms with Crippen molar-refractivity contribution in [3.05, 3.63) is 0 Å². The van der Waals surface area contributed by atoms with E-state index in [1.807, 2.05) is 0 Å². The molecule has 0 aliphatic carbocycles. The molecule has 30 heavy (non-hydrogen) atoms. The summed E-state index contributed by atoms with van der Waals surface area (Å²) < 4.78 is 26.4. The van der Waals surface area contributed by atoms with Crippen LogP contribution in [0, 0.1) is 0 Å². The maximum atomic E-state index is 12.2. The summed E-state index contributed by atoms with van der Waals surface area (Å²) in [5.41, 5.74) is -1.80. The van der Waals surface area contributed by atoms with Crippen molar-refractivity contribution in [2.45, 2.75) is 85.0 Å². The average Bonchev–Trinajstić information content (AvgIpc) is 2.72. The second-order valence-electron chi connectivity index (χ2n) is 6.51.